The van der Waals surface area contributed by atoms with Gasteiger partial charge in [-0.25, -0.2) is 4.79 Å². The average Bonchev–Trinajstić information content (AvgIpc) is 1.53. The largest absolute Gasteiger partial charge is 0.456 e. The van der Waals surface area contributed by atoms with E-state index in [0.29, 0.717) is 5.37 Å². The Hall–Kier alpha value is -0.840. The van der Waals surface area contributed by atoms with Gasteiger partial charge in [0.25, 0.3) is 0 Å². The van der Waals surface area contributed by atoms with E-state index in [1.54, 1.807) is 20.8 Å². The van der Waals surface area contributed by atoms with Crippen molar-refractivity contribution in [3.05, 3.63) is 0 Å². The van der Waals surface area contributed by atoms with Crippen molar-refractivity contribution in [2.75, 3.05) is 0 Å². The molecule has 4 nitrogen and oxygen atoms in total. The molecular formula is C6H10O4S. The van der Waals surface area contributed by atoms with E-state index in [4.69, 9.17) is 0 Å². The highest BCUT2D eigenvalue weighted by molar-refractivity contribution is 7.73. The Morgan fingerprint density at radius 1 is 1.36 bits per heavy atom. The molecule has 0 spiro atoms. The van der Waals surface area contributed by atoms with Gasteiger partial charge in [0.2, 0.25) is 10.3 Å². The fourth-order valence-corrected chi connectivity index (χ4v) is 0.610. The fraction of sp³-hybridized carbons (Fsp3) is 0.667. The van der Waals surface area contributed by atoms with Crippen molar-refractivity contribution in [1.29, 1.82) is 0 Å². The van der Waals surface area contributed by atoms with Crippen molar-refractivity contribution in [2.24, 2.45) is 0 Å². The zero-order chi connectivity index (χ0) is 9.07. The predicted octanol–water partition coefficient (Wildman–Crippen LogP) is 0.00940. The molecule has 0 N–H and O–H groups in total. The Bertz CT molecular complexity index is 259. The number of carbonyl (C=O) groups excluding carboxylic acids is 1. The summed E-state index contributed by atoms with van der Waals surface area (Å²) in [5.74, 6) is -0.842. The topological polar surface area (TPSA) is 60.4 Å². The van der Waals surface area contributed by atoms with Gasteiger partial charge in [0.05, 0.1) is 0 Å². The van der Waals surface area contributed by atoms with Crippen LogP contribution in [0.25, 0.3) is 0 Å². The lowest BCUT2D eigenvalue weighted by Gasteiger charge is -2.17. The van der Waals surface area contributed by atoms with Crippen LogP contribution in [0, 0.1) is 0 Å². The summed E-state index contributed by atoms with van der Waals surface area (Å²) in [5.41, 5.74) is -0.646. The lowest BCUT2D eigenvalue weighted by atomic mass is 10.2. The van der Waals surface area contributed by atoms with Crippen molar-refractivity contribution in [1.82, 2.24) is 0 Å². The minimum absolute atomic E-state index is 0.491. The van der Waals surface area contributed by atoms with Crippen LogP contribution in [-0.4, -0.2) is 25.4 Å². The van der Waals surface area contributed by atoms with Gasteiger partial charge in [-0.1, -0.05) is 0 Å². The van der Waals surface area contributed by atoms with E-state index < -0.39 is 21.9 Å². The van der Waals surface area contributed by atoms with E-state index in [0.717, 1.165) is 0 Å². The summed E-state index contributed by atoms with van der Waals surface area (Å²) in [6.45, 7) is 4.98. The zero-order valence-corrected chi connectivity index (χ0v) is 7.44. The minimum Gasteiger partial charge on any atom is -0.456 e. The molecule has 0 aromatic heterocycles. The van der Waals surface area contributed by atoms with Crippen LogP contribution >= 0.6 is 0 Å². The Balaban J connectivity index is 4.23. The molecule has 0 bridgehead atoms. The average molecular weight is 178 g/mol. The quantitative estimate of drug-likeness (QED) is 0.419. The molecule has 0 aliphatic heterocycles. The molecule has 0 atom stereocenters. The number of carbonyl (C=O) groups is 1. The Labute approximate surface area is 66.7 Å². The molecule has 0 rings (SSSR count). The Kier molecular flexibility index (Phi) is 3.25. The molecule has 0 aliphatic rings. The Morgan fingerprint density at radius 3 is 2.09 bits per heavy atom. The molecule has 0 saturated heterocycles. The highest BCUT2D eigenvalue weighted by Crippen LogP contribution is 2.05. The zero-order valence-electron chi connectivity index (χ0n) is 6.62. The van der Waals surface area contributed by atoms with E-state index in [1.807, 2.05) is 0 Å². The number of rotatable bonds is 1. The van der Waals surface area contributed by atoms with Crippen molar-refractivity contribution in [3.63, 3.8) is 0 Å². The standard InChI is InChI=1S/C6H10O4S/c1-6(2,3)10-5(7)4-11(8)9/h4H,1-3H3. The first-order valence-corrected chi connectivity index (χ1v) is 4.11. The van der Waals surface area contributed by atoms with E-state index in [2.05, 4.69) is 4.74 Å². The van der Waals surface area contributed by atoms with Gasteiger partial charge in [-0.15, -0.1) is 0 Å². The highest BCUT2D eigenvalue weighted by atomic mass is 32.2. The number of hydrogen-bond donors (Lipinski definition) is 0. The van der Waals surface area contributed by atoms with Gasteiger partial charge in [0.1, 0.15) is 11.0 Å². The molecule has 0 unspecified atom stereocenters. The molecule has 0 saturated carbocycles. The van der Waals surface area contributed by atoms with Crippen LogP contribution in [-0.2, 0) is 19.8 Å². The summed E-state index contributed by atoms with van der Waals surface area (Å²) >= 11 is 0. The van der Waals surface area contributed by atoms with Crippen molar-refractivity contribution >= 4 is 21.6 Å². The molecule has 0 fully saturated rings. The van der Waals surface area contributed by atoms with Gasteiger partial charge in [-0.05, 0) is 20.8 Å². The van der Waals surface area contributed by atoms with Crippen LogP contribution in [0.15, 0.2) is 0 Å². The molecular weight excluding hydrogens is 168 g/mol. The first-order chi connectivity index (χ1) is 4.81. The first-order valence-electron chi connectivity index (χ1n) is 2.97. The highest BCUT2D eigenvalue weighted by Gasteiger charge is 2.14. The summed E-state index contributed by atoms with van der Waals surface area (Å²) in [6, 6.07) is 0. The third-order valence-corrected chi connectivity index (χ3v) is 0.984. The molecule has 0 aromatic carbocycles. The molecule has 0 heterocycles. The first kappa shape index (κ1) is 10.2. The lowest BCUT2D eigenvalue weighted by molar-refractivity contribution is -0.145. The molecule has 5 heteroatoms. The summed E-state index contributed by atoms with van der Waals surface area (Å²) in [4.78, 5) is 10.6. The summed E-state index contributed by atoms with van der Waals surface area (Å²) < 4.78 is 24.5. The SMILES string of the molecule is CC(C)(C)OC(=O)C=S(=O)=O. The van der Waals surface area contributed by atoms with Crippen LogP contribution < -0.4 is 0 Å². The third-order valence-electron chi connectivity index (χ3n) is 0.599. The van der Waals surface area contributed by atoms with Gasteiger partial charge in [-0.2, -0.15) is 8.42 Å². The Morgan fingerprint density at radius 2 is 1.82 bits per heavy atom. The molecule has 0 aromatic rings. The van der Waals surface area contributed by atoms with Gasteiger partial charge in [0, 0.05) is 0 Å². The molecule has 64 valence electrons. The van der Waals surface area contributed by atoms with E-state index in [1.165, 1.54) is 0 Å². The van der Waals surface area contributed by atoms with E-state index in [-0.39, 0.29) is 0 Å². The maximum atomic E-state index is 10.6. The predicted molar refractivity (Wildman–Crippen MR) is 40.8 cm³/mol. The van der Waals surface area contributed by atoms with Crippen LogP contribution in [0.1, 0.15) is 20.8 Å². The maximum Gasteiger partial charge on any atom is 0.346 e. The second-order valence-electron chi connectivity index (χ2n) is 2.91. The van der Waals surface area contributed by atoms with Crippen LogP contribution in [0.5, 0.6) is 0 Å². The summed E-state index contributed by atoms with van der Waals surface area (Å²) in [6.07, 6.45) is 0. The second kappa shape index (κ2) is 3.52. The van der Waals surface area contributed by atoms with E-state index in [9.17, 15) is 13.2 Å². The molecule has 11 heavy (non-hydrogen) atoms. The monoisotopic (exact) mass is 178 g/mol. The van der Waals surface area contributed by atoms with Crippen molar-refractivity contribution in [2.45, 2.75) is 26.4 Å². The smallest absolute Gasteiger partial charge is 0.346 e. The van der Waals surface area contributed by atoms with Gasteiger partial charge in [0.15, 0.2) is 0 Å². The summed E-state index contributed by atoms with van der Waals surface area (Å²) in [7, 11) is -2.48. The number of esters is 1. The van der Waals surface area contributed by atoms with Gasteiger partial charge < -0.3 is 4.74 Å². The fourth-order valence-electron chi connectivity index (χ4n) is 0.404. The van der Waals surface area contributed by atoms with E-state index >= 15 is 0 Å². The van der Waals surface area contributed by atoms with Gasteiger partial charge >= 0.3 is 5.97 Å². The van der Waals surface area contributed by atoms with Crippen LogP contribution in [0.2, 0.25) is 0 Å². The number of ether oxygens (including phenoxy) is 1. The lowest BCUT2D eigenvalue weighted by Crippen LogP contribution is -2.24. The minimum atomic E-state index is -2.48. The van der Waals surface area contributed by atoms with Crippen LogP contribution in [0.4, 0.5) is 0 Å². The molecule has 0 aliphatic carbocycles. The number of hydrogen-bond acceptors (Lipinski definition) is 4. The summed E-state index contributed by atoms with van der Waals surface area (Å²) in [5, 5.41) is 0.491. The van der Waals surface area contributed by atoms with Crippen molar-refractivity contribution in [3.8, 4) is 0 Å². The molecule has 0 amide bonds. The normalized spacial score (nSPS) is 10.5. The molecule has 0 radical (unpaired) electrons. The van der Waals surface area contributed by atoms with Crippen molar-refractivity contribution < 1.29 is 17.9 Å². The second-order valence-corrected chi connectivity index (χ2v) is 3.67. The van der Waals surface area contributed by atoms with Crippen LogP contribution in [0.3, 0.4) is 0 Å². The maximum absolute atomic E-state index is 10.6. The van der Waals surface area contributed by atoms with Gasteiger partial charge in [-0.3, -0.25) is 0 Å². The third kappa shape index (κ3) is 7.05.